The highest BCUT2D eigenvalue weighted by Gasteiger charge is 2.15. The molecule has 33 heavy (non-hydrogen) atoms. The molecule has 6 heteroatoms. The van der Waals surface area contributed by atoms with Crippen LogP contribution in [-0.4, -0.2) is 21.6 Å². The van der Waals surface area contributed by atoms with Gasteiger partial charge in [0.25, 0.3) is 5.91 Å². The van der Waals surface area contributed by atoms with E-state index in [9.17, 15) is 9.00 Å². The molecule has 1 unspecified atom stereocenters. The number of amides is 1. The van der Waals surface area contributed by atoms with Crippen molar-refractivity contribution in [2.24, 2.45) is 0 Å². The van der Waals surface area contributed by atoms with Crippen molar-refractivity contribution in [2.45, 2.75) is 30.4 Å². The molecule has 4 aromatic rings. The van der Waals surface area contributed by atoms with Crippen LogP contribution in [0.4, 0.5) is 0 Å². The SMILES string of the molecule is Cc1oc(-c2ccc(C(=O)NCCCc3ccccc3)cc2)nc1CS(=O)c1ccccc1. The molecule has 0 saturated carbocycles. The Bertz CT molecular complexity index is 1220. The zero-order valence-electron chi connectivity index (χ0n) is 18.5. The lowest BCUT2D eigenvalue weighted by Gasteiger charge is -2.06. The Kier molecular flexibility index (Phi) is 7.47. The van der Waals surface area contributed by atoms with Crippen LogP contribution in [0.5, 0.6) is 0 Å². The molecule has 0 aliphatic heterocycles. The summed E-state index contributed by atoms with van der Waals surface area (Å²) in [6, 6.07) is 26.7. The van der Waals surface area contributed by atoms with Crippen molar-refractivity contribution >= 4 is 16.7 Å². The van der Waals surface area contributed by atoms with Crippen LogP contribution in [0, 0.1) is 6.92 Å². The second-order valence-electron chi connectivity index (χ2n) is 7.75. The molecule has 3 aromatic carbocycles. The number of benzene rings is 3. The minimum absolute atomic E-state index is 0.0999. The van der Waals surface area contributed by atoms with E-state index < -0.39 is 10.8 Å². The van der Waals surface area contributed by atoms with Gasteiger partial charge in [-0.25, -0.2) is 4.98 Å². The van der Waals surface area contributed by atoms with Gasteiger partial charge in [0.05, 0.1) is 22.2 Å². The highest BCUT2D eigenvalue weighted by atomic mass is 32.2. The van der Waals surface area contributed by atoms with Crippen LogP contribution in [0.25, 0.3) is 11.5 Å². The van der Waals surface area contributed by atoms with Gasteiger partial charge in [0, 0.05) is 22.6 Å². The Labute approximate surface area is 196 Å². The summed E-state index contributed by atoms with van der Waals surface area (Å²) in [6.07, 6.45) is 1.82. The van der Waals surface area contributed by atoms with E-state index in [1.165, 1.54) is 5.56 Å². The molecule has 1 N–H and O–H groups in total. The maximum Gasteiger partial charge on any atom is 0.251 e. The molecule has 0 spiro atoms. The molecule has 5 nitrogen and oxygen atoms in total. The lowest BCUT2D eigenvalue weighted by atomic mass is 10.1. The Hall–Kier alpha value is -3.51. The number of aromatic nitrogens is 1. The third-order valence-corrected chi connectivity index (χ3v) is 6.66. The van der Waals surface area contributed by atoms with E-state index in [4.69, 9.17) is 4.42 Å². The van der Waals surface area contributed by atoms with Gasteiger partial charge in [0.2, 0.25) is 5.89 Å². The molecule has 1 aromatic heterocycles. The van der Waals surface area contributed by atoms with Crippen molar-refractivity contribution in [3.63, 3.8) is 0 Å². The van der Waals surface area contributed by atoms with Crippen LogP contribution in [0.3, 0.4) is 0 Å². The normalized spacial score (nSPS) is 11.8. The van der Waals surface area contributed by atoms with Gasteiger partial charge in [-0.1, -0.05) is 48.5 Å². The second kappa shape index (κ2) is 10.9. The van der Waals surface area contributed by atoms with Crippen molar-refractivity contribution in [3.05, 3.63) is 108 Å². The van der Waals surface area contributed by atoms with Crippen LogP contribution < -0.4 is 5.32 Å². The number of aryl methyl sites for hydroxylation is 2. The topological polar surface area (TPSA) is 72.2 Å². The molecule has 1 atom stereocenters. The summed E-state index contributed by atoms with van der Waals surface area (Å²) in [5, 5.41) is 2.97. The smallest absolute Gasteiger partial charge is 0.251 e. The molecule has 0 aliphatic rings. The average Bonchev–Trinajstić information content (AvgIpc) is 3.23. The Morgan fingerprint density at radius 3 is 2.30 bits per heavy atom. The summed E-state index contributed by atoms with van der Waals surface area (Å²) in [7, 11) is -1.19. The number of rotatable bonds is 9. The first-order valence-corrected chi connectivity index (χ1v) is 12.2. The fourth-order valence-electron chi connectivity index (χ4n) is 3.47. The number of hydrogen-bond donors (Lipinski definition) is 1. The third kappa shape index (κ3) is 6.05. The lowest BCUT2D eigenvalue weighted by molar-refractivity contribution is 0.0953. The van der Waals surface area contributed by atoms with E-state index >= 15 is 0 Å². The van der Waals surface area contributed by atoms with Gasteiger partial charge < -0.3 is 9.73 Å². The fraction of sp³-hybridized carbons (Fsp3) is 0.185. The minimum Gasteiger partial charge on any atom is -0.441 e. The van der Waals surface area contributed by atoms with Gasteiger partial charge in [-0.05, 0) is 61.7 Å². The number of carbonyl (C=O) groups excluding carboxylic acids is 1. The van der Waals surface area contributed by atoms with Gasteiger partial charge in [0.15, 0.2) is 0 Å². The first kappa shape index (κ1) is 22.7. The second-order valence-corrected chi connectivity index (χ2v) is 9.20. The van der Waals surface area contributed by atoms with Crippen molar-refractivity contribution < 1.29 is 13.4 Å². The van der Waals surface area contributed by atoms with Crippen molar-refractivity contribution in [1.29, 1.82) is 0 Å². The zero-order valence-corrected chi connectivity index (χ0v) is 19.3. The van der Waals surface area contributed by atoms with Gasteiger partial charge in [-0.2, -0.15) is 0 Å². The predicted octanol–water partition coefficient (Wildman–Crippen LogP) is 5.32. The lowest BCUT2D eigenvalue weighted by Crippen LogP contribution is -2.24. The summed E-state index contributed by atoms with van der Waals surface area (Å²) in [4.78, 5) is 17.7. The molecule has 0 radical (unpaired) electrons. The maximum atomic E-state index is 12.6. The van der Waals surface area contributed by atoms with E-state index in [1.807, 2.05) is 67.6 Å². The molecule has 0 bridgehead atoms. The van der Waals surface area contributed by atoms with Crippen LogP contribution in [-0.2, 0) is 23.0 Å². The Balaban J connectivity index is 1.33. The first-order valence-electron chi connectivity index (χ1n) is 10.9. The number of hydrogen-bond acceptors (Lipinski definition) is 4. The van der Waals surface area contributed by atoms with Crippen molar-refractivity contribution in [1.82, 2.24) is 10.3 Å². The first-order chi connectivity index (χ1) is 16.1. The maximum absolute atomic E-state index is 12.6. The van der Waals surface area contributed by atoms with Crippen LogP contribution in [0.1, 0.15) is 33.8 Å². The quantitative estimate of drug-likeness (QED) is 0.345. The molecule has 0 fully saturated rings. The summed E-state index contributed by atoms with van der Waals surface area (Å²) in [5.74, 6) is 1.30. The van der Waals surface area contributed by atoms with Gasteiger partial charge in [-0.15, -0.1) is 0 Å². The number of nitrogens with one attached hydrogen (secondary N) is 1. The molecule has 0 saturated heterocycles. The van der Waals surface area contributed by atoms with E-state index in [2.05, 4.69) is 22.4 Å². The minimum atomic E-state index is -1.19. The van der Waals surface area contributed by atoms with Gasteiger partial charge in [0.1, 0.15) is 5.76 Å². The van der Waals surface area contributed by atoms with Crippen LogP contribution in [0.15, 0.2) is 94.2 Å². The van der Waals surface area contributed by atoms with Crippen molar-refractivity contribution in [3.8, 4) is 11.5 Å². The summed E-state index contributed by atoms with van der Waals surface area (Å²) in [5.41, 5.74) is 3.30. The molecular formula is C27H26N2O3S. The molecule has 1 amide bonds. The Morgan fingerprint density at radius 1 is 0.939 bits per heavy atom. The predicted molar refractivity (Wildman–Crippen MR) is 130 cm³/mol. The van der Waals surface area contributed by atoms with E-state index in [0.717, 1.165) is 23.3 Å². The third-order valence-electron chi connectivity index (χ3n) is 5.33. The molecule has 1 heterocycles. The summed E-state index contributed by atoms with van der Waals surface area (Å²) >= 11 is 0. The number of nitrogens with zero attached hydrogens (tertiary/aromatic N) is 1. The average molecular weight is 459 g/mol. The number of carbonyl (C=O) groups is 1. The zero-order chi connectivity index (χ0) is 23.0. The summed E-state index contributed by atoms with van der Waals surface area (Å²) < 4.78 is 18.4. The molecule has 168 valence electrons. The van der Waals surface area contributed by atoms with E-state index in [1.54, 1.807) is 12.1 Å². The van der Waals surface area contributed by atoms with Crippen molar-refractivity contribution in [2.75, 3.05) is 6.54 Å². The molecular weight excluding hydrogens is 432 g/mol. The monoisotopic (exact) mass is 458 g/mol. The standard InChI is InChI=1S/C27H26N2O3S/c1-20-25(19-33(31)24-12-6-3-7-13-24)29-27(32-20)23-16-14-22(15-17-23)26(30)28-18-8-11-21-9-4-2-5-10-21/h2-7,9-10,12-17H,8,11,18-19H2,1H3,(H,28,30). The van der Waals surface area contributed by atoms with Crippen LogP contribution >= 0.6 is 0 Å². The highest BCUT2D eigenvalue weighted by Crippen LogP contribution is 2.24. The van der Waals surface area contributed by atoms with Gasteiger partial charge >= 0.3 is 0 Å². The van der Waals surface area contributed by atoms with E-state index in [-0.39, 0.29) is 5.91 Å². The Morgan fingerprint density at radius 2 is 1.61 bits per heavy atom. The van der Waals surface area contributed by atoms with Gasteiger partial charge in [-0.3, -0.25) is 9.00 Å². The largest absolute Gasteiger partial charge is 0.441 e. The summed E-state index contributed by atoms with van der Waals surface area (Å²) in [6.45, 7) is 2.45. The van der Waals surface area contributed by atoms with E-state index in [0.29, 0.717) is 35.2 Å². The molecule has 4 rings (SSSR count). The number of oxazole rings is 1. The van der Waals surface area contributed by atoms with Crippen LogP contribution in [0.2, 0.25) is 0 Å². The fourth-order valence-corrected chi connectivity index (χ4v) is 4.61. The molecule has 0 aliphatic carbocycles. The highest BCUT2D eigenvalue weighted by molar-refractivity contribution is 7.84.